The third kappa shape index (κ3) is 1.95. The molecule has 0 saturated heterocycles. The van der Waals surface area contributed by atoms with Gasteiger partial charge in [0.15, 0.2) is 0 Å². The van der Waals surface area contributed by atoms with Crippen LogP contribution in [0.1, 0.15) is 19.5 Å². The van der Waals surface area contributed by atoms with Crippen LogP contribution in [0.2, 0.25) is 0 Å². The van der Waals surface area contributed by atoms with E-state index < -0.39 is 0 Å². The third-order valence-corrected chi connectivity index (χ3v) is 3.01. The summed E-state index contributed by atoms with van der Waals surface area (Å²) >= 11 is 0. The first-order chi connectivity index (χ1) is 7.59. The van der Waals surface area contributed by atoms with Crippen molar-refractivity contribution in [3.8, 4) is 0 Å². The molecule has 0 aliphatic heterocycles. The maximum atomic E-state index is 9.90. The second-order valence-electron chi connectivity index (χ2n) is 4.60. The van der Waals surface area contributed by atoms with E-state index in [1.165, 1.54) is 0 Å². The molecule has 0 radical (unpaired) electrons. The molecule has 1 heterocycles. The van der Waals surface area contributed by atoms with Crippen LogP contribution in [-0.4, -0.2) is 21.0 Å². The molecule has 2 aromatic rings. The van der Waals surface area contributed by atoms with Crippen LogP contribution < -0.4 is 0 Å². The Kier molecular flexibility index (Phi) is 2.97. The van der Waals surface area contributed by atoms with Crippen molar-refractivity contribution in [3.05, 3.63) is 30.0 Å². The van der Waals surface area contributed by atoms with Crippen LogP contribution in [0.15, 0.2) is 24.3 Å². The molecule has 1 unspecified atom stereocenters. The maximum Gasteiger partial charge on any atom is 0.0729 e. The summed E-state index contributed by atoms with van der Waals surface area (Å²) in [6.07, 6.45) is 0.303. The van der Waals surface area contributed by atoms with E-state index in [2.05, 4.69) is 11.2 Å². The lowest BCUT2D eigenvalue weighted by Crippen LogP contribution is -2.18. The molecule has 0 saturated carbocycles. The Morgan fingerprint density at radius 2 is 2.00 bits per heavy atom. The summed E-state index contributed by atoms with van der Waals surface area (Å²) in [5, 5.41) is 15.5. The Labute approximate surface area is 95.7 Å². The average molecular weight is 218 g/mol. The van der Waals surface area contributed by atoms with Crippen molar-refractivity contribution in [1.82, 2.24) is 9.78 Å². The molecule has 0 aliphatic carbocycles. The van der Waals surface area contributed by atoms with Crippen LogP contribution in [0.5, 0.6) is 0 Å². The van der Waals surface area contributed by atoms with Gasteiger partial charge in [-0.15, -0.1) is 0 Å². The molecular weight excluding hydrogens is 200 g/mol. The Hall–Kier alpha value is -1.35. The van der Waals surface area contributed by atoms with Crippen LogP contribution in [0.3, 0.4) is 0 Å². The first-order valence-electron chi connectivity index (χ1n) is 5.68. The Morgan fingerprint density at radius 1 is 1.31 bits per heavy atom. The smallest absolute Gasteiger partial charge is 0.0729 e. The van der Waals surface area contributed by atoms with Crippen LogP contribution in [0.4, 0.5) is 0 Å². The molecule has 3 nitrogen and oxygen atoms in total. The molecule has 0 fully saturated rings. The van der Waals surface area contributed by atoms with Crippen molar-refractivity contribution in [1.29, 1.82) is 0 Å². The predicted octanol–water partition coefficient (Wildman–Crippen LogP) is 2.13. The topological polar surface area (TPSA) is 38.1 Å². The van der Waals surface area contributed by atoms with E-state index in [0.717, 1.165) is 16.6 Å². The van der Waals surface area contributed by atoms with Crippen molar-refractivity contribution in [2.75, 3.05) is 0 Å². The number of aryl methyl sites for hydroxylation is 1. The van der Waals surface area contributed by atoms with E-state index in [1.807, 2.05) is 43.8 Å². The average Bonchev–Trinajstić information content (AvgIpc) is 2.57. The summed E-state index contributed by atoms with van der Waals surface area (Å²) in [5.74, 6) is 0.265. The molecule has 0 spiro atoms. The Bertz CT molecular complexity index is 488. The normalized spacial score (nSPS) is 13.6. The number of benzene rings is 1. The van der Waals surface area contributed by atoms with Crippen molar-refractivity contribution in [2.24, 2.45) is 13.0 Å². The summed E-state index contributed by atoms with van der Waals surface area (Å²) in [6.45, 7) is 4.05. The number of hydrogen-bond donors (Lipinski definition) is 1. The SMILES string of the molecule is CC(C)C(O)Cc1nn(C)c2ccccc12. The van der Waals surface area contributed by atoms with Crippen LogP contribution in [-0.2, 0) is 13.5 Å². The van der Waals surface area contributed by atoms with E-state index in [1.54, 1.807) is 0 Å². The molecule has 1 aromatic heterocycles. The number of aromatic nitrogens is 2. The van der Waals surface area contributed by atoms with Crippen molar-refractivity contribution in [2.45, 2.75) is 26.4 Å². The quantitative estimate of drug-likeness (QED) is 0.857. The summed E-state index contributed by atoms with van der Waals surface area (Å²) < 4.78 is 1.87. The monoisotopic (exact) mass is 218 g/mol. The van der Waals surface area contributed by atoms with E-state index in [-0.39, 0.29) is 12.0 Å². The van der Waals surface area contributed by atoms with Gasteiger partial charge in [0.2, 0.25) is 0 Å². The zero-order chi connectivity index (χ0) is 11.7. The van der Waals surface area contributed by atoms with Crippen molar-refractivity contribution in [3.63, 3.8) is 0 Å². The van der Waals surface area contributed by atoms with Gasteiger partial charge in [0.1, 0.15) is 0 Å². The highest BCUT2D eigenvalue weighted by Gasteiger charge is 2.15. The predicted molar refractivity (Wildman–Crippen MR) is 65.3 cm³/mol. The molecule has 1 atom stereocenters. The first-order valence-corrected chi connectivity index (χ1v) is 5.68. The number of nitrogens with zero attached hydrogens (tertiary/aromatic N) is 2. The van der Waals surface area contributed by atoms with Crippen LogP contribution in [0.25, 0.3) is 10.9 Å². The van der Waals surface area contributed by atoms with Gasteiger partial charge < -0.3 is 5.11 Å². The van der Waals surface area contributed by atoms with E-state index >= 15 is 0 Å². The lowest BCUT2D eigenvalue weighted by molar-refractivity contribution is 0.125. The fourth-order valence-corrected chi connectivity index (χ4v) is 1.87. The van der Waals surface area contributed by atoms with E-state index in [9.17, 15) is 5.11 Å². The van der Waals surface area contributed by atoms with Crippen LogP contribution in [0, 0.1) is 5.92 Å². The Morgan fingerprint density at radius 3 is 2.69 bits per heavy atom. The second-order valence-corrected chi connectivity index (χ2v) is 4.60. The first kappa shape index (κ1) is 11.1. The number of para-hydroxylation sites is 1. The molecule has 3 heteroatoms. The molecule has 0 bridgehead atoms. The van der Waals surface area contributed by atoms with Gasteiger partial charge in [-0.2, -0.15) is 5.10 Å². The minimum atomic E-state index is -0.321. The molecular formula is C13H18N2O. The number of aliphatic hydroxyl groups is 1. The fourth-order valence-electron chi connectivity index (χ4n) is 1.87. The highest BCUT2D eigenvalue weighted by Crippen LogP contribution is 2.20. The number of rotatable bonds is 3. The number of aliphatic hydroxyl groups excluding tert-OH is 1. The summed E-state index contributed by atoms with van der Waals surface area (Å²) in [5.41, 5.74) is 2.10. The number of hydrogen-bond acceptors (Lipinski definition) is 2. The van der Waals surface area contributed by atoms with Gasteiger partial charge in [-0.05, 0) is 12.0 Å². The lowest BCUT2D eigenvalue weighted by Gasteiger charge is -2.12. The van der Waals surface area contributed by atoms with E-state index in [4.69, 9.17) is 0 Å². The van der Waals surface area contributed by atoms with Gasteiger partial charge in [-0.3, -0.25) is 4.68 Å². The van der Waals surface area contributed by atoms with Crippen LogP contribution >= 0.6 is 0 Å². The van der Waals surface area contributed by atoms with Gasteiger partial charge in [0.25, 0.3) is 0 Å². The van der Waals surface area contributed by atoms with Gasteiger partial charge >= 0.3 is 0 Å². The highest BCUT2D eigenvalue weighted by molar-refractivity contribution is 5.81. The zero-order valence-electron chi connectivity index (χ0n) is 10.0. The minimum absolute atomic E-state index is 0.265. The maximum absolute atomic E-state index is 9.90. The lowest BCUT2D eigenvalue weighted by atomic mass is 10.0. The number of fused-ring (bicyclic) bond motifs is 1. The largest absolute Gasteiger partial charge is 0.392 e. The van der Waals surface area contributed by atoms with Gasteiger partial charge in [0.05, 0.1) is 17.3 Å². The molecule has 0 aliphatic rings. The van der Waals surface area contributed by atoms with Gasteiger partial charge in [0, 0.05) is 18.9 Å². The third-order valence-electron chi connectivity index (χ3n) is 3.01. The summed E-state index contributed by atoms with van der Waals surface area (Å²) in [7, 11) is 1.94. The van der Waals surface area contributed by atoms with Crippen molar-refractivity contribution >= 4 is 10.9 Å². The van der Waals surface area contributed by atoms with E-state index in [0.29, 0.717) is 6.42 Å². The van der Waals surface area contributed by atoms with Gasteiger partial charge in [-0.25, -0.2) is 0 Å². The molecule has 0 amide bonds. The second kappa shape index (κ2) is 4.26. The molecule has 2 rings (SSSR count). The standard InChI is InChI=1S/C13H18N2O/c1-9(2)13(16)8-11-10-6-4-5-7-12(10)15(3)14-11/h4-7,9,13,16H,8H2,1-3H3. The van der Waals surface area contributed by atoms with Crippen molar-refractivity contribution < 1.29 is 5.11 Å². The highest BCUT2D eigenvalue weighted by atomic mass is 16.3. The molecule has 86 valence electrons. The molecule has 16 heavy (non-hydrogen) atoms. The molecule has 1 aromatic carbocycles. The fraction of sp³-hybridized carbons (Fsp3) is 0.462. The zero-order valence-corrected chi connectivity index (χ0v) is 10.0. The minimum Gasteiger partial charge on any atom is -0.392 e. The van der Waals surface area contributed by atoms with Gasteiger partial charge in [-0.1, -0.05) is 32.0 Å². The Balaban J connectivity index is 2.38. The summed E-state index contributed by atoms with van der Waals surface area (Å²) in [6, 6.07) is 8.13. The summed E-state index contributed by atoms with van der Waals surface area (Å²) in [4.78, 5) is 0. The molecule has 1 N–H and O–H groups in total.